The highest BCUT2D eigenvalue weighted by Crippen LogP contribution is 2.31. The molecular formula is C15H15Cl2NO2. The van der Waals surface area contributed by atoms with Crippen molar-refractivity contribution >= 4 is 28.9 Å². The van der Waals surface area contributed by atoms with Crippen LogP contribution in [-0.4, -0.2) is 14.2 Å². The molecule has 2 aromatic rings. The predicted molar refractivity (Wildman–Crippen MR) is 83.3 cm³/mol. The monoisotopic (exact) mass is 311 g/mol. The third-order valence-corrected chi connectivity index (χ3v) is 3.54. The summed E-state index contributed by atoms with van der Waals surface area (Å²) < 4.78 is 10.6. The summed E-state index contributed by atoms with van der Waals surface area (Å²) in [6.45, 7) is 0.532. The molecule has 1 N–H and O–H groups in total. The van der Waals surface area contributed by atoms with Gasteiger partial charge in [0.1, 0.15) is 11.5 Å². The molecule has 0 atom stereocenters. The van der Waals surface area contributed by atoms with E-state index in [0.717, 1.165) is 17.1 Å². The molecular weight excluding hydrogens is 297 g/mol. The number of methoxy groups -OCH3 is 2. The molecule has 106 valence electrons. The number of hydrogen-bond donors (Lipinski definition) is 1. The van der Waals surface area contributed by atoms with Crippen LogP contribution >= 0.6 is 23.2 Å². The number of nitrogens with one attached hydrogen (secondary N) is 1. The van der Waals surface area contributed by atoms with Crippen molar-refractivity contribution in [2.75, 3.05) is 19.5 Å². The topological polar surface area (TPSA) is 30.5 Å². The van der Waals surface area contributed by atoms with Crippen LogP contribution in [-0.2, 0) is 6.54 Å². The van der Waals surface area contributed by atoms with Crippen LogP contribution in [0.4, 0.5) is 5.69 Å². The average molecular weight is 312 g/mol. The Labute approximate surface area is 128 Å². The molecule has 3 nitrogen and oxygen atoms in total. The SMILES string of the molecule is COc1ccc(OC)c(CNc2c(Cl)cccc2Cl)c1. The highest BCUT2D eigenvalue weighted by Gasteiger charge is 2.08. The predicted octanol–water partition coefficient (Wildman–Crippen LogP) is 4.62. The summed E-state index contributed by atoms with van der Waals surface area (Å²) in [5.74, 6) is 1.55. The van der Waals surface area contributed by atoms with Gasteiger partial charge >= 0.3 is 0 Å². The minimum absolute atomic E-state index is 0.532. The highest BCUT2D eigenvalue weighted by molar-refractivity contribution is 6.39. The first kappa shape index (κ1) is 14.8. The van der Waals surface area contributed by atoms with E-state index in [2.05, 4.69) is 5.32 Å². The van der Waals surface area contributed by atoms with Crippen molar-refractivity contribution in [1.29, 1.82) is 0 Å². The van der Waals surface area contributed by atoms with Crippen LogP contribution in [0.1, 0.15) is 5.56 Å². The molecule has 20 heavy (non-hydrogen) atoms. The maximum absolute atomic E-state index is 6.13. The summed E-state index contributed by atoms with van der Waals surface area (Å²) in [6, 6.07) is 11.0. The van der Waals surface area contributed by atoms with Crippen LogP contribution in [0.15, 0.2) is 36.4 Å². The van der Waals surface area contributed by atoms with E-state index in [1.165, 1.54) is 0 Å². The summed E-state index contributed by atoms with van der Waals surface area (Å²) in [6.07, 6.45) is 0. The Hall–Kier alpha value is -1.58. The summed E-state index contributed by atoms with van der Waals surface area (Å²) in [7, 11) is 3.26. The Morgan fingerprint density at radius 1 is 1.00 bits per heavy atom. The minimum atomic E-state index is 0.532. The first-order chi connectivity index (χ1) is 9.65. The Kier molecular flexibility index (Phi) is 4.99. The molecule has 0 radical (unpaired) electrons. The Morgan fingerprint density at radius 3 is 2.30 bits per heavy atom. The molecule has 0 aliphatic rings. The average Bonchev–Trinajstić information content (AvgIpc) is 2.46. The lowest BCUT2D eigenvalue weighted by Gasteiger charge is -2.14. The van der Waals surface area contributed by atoms with Gasteiger partial charge in [-0.05, 0) is 30.3 Å². The van der Waals surface area contributed by atoms with E-state index < -0.39 is 0 Å². The standard InChI is InChI=1S/C15H15Cl2NO2/c1-19-11-6-7-14(20-2)10(8-11)9-18-15-12(16)4-3-5-13(15)17/h3-8,18H,9H2,1-2H3. The van der Waals surface area contributed by atoms with Gasteiger partial charge in [-0.1, -0.05) is 29.3 Å². The largest absolute Gasteiger partial charge is 0.497 e. The Bertz CT molecular complexity index is 582. The second-order valence-corrected chi connectivity index (χ2v) is 4.94. The van der Waals surface area contributed by atoms with Gasteiger partial charge in [-0.2, -0.15) is 0 Å². The number of halogens is 2. The van der Waals surface area contributed by atoms with Gasteiger partial charge in [0.05, 0.1) is 30.0 Å². The van der Waals surface area contributed by atoms with Gasteiger partial charge < -0.3 is 14.8 Å². The maximum atomic E-state index is 6.13. The fourth-order valence-electron chi connectivity index (χ4n) is 1.87. The number of ether oxygens (including phenoxy) is 2. The van der Waals surface area contributed by atoms with Crippen molar-refractivity contribution in [3.63, 3.8) is 0 Å². The fourth-order valence-corrected chi connectivity index (χ4v) is 2.40. The summed E-state index contributed by atoms with van der Waals surface area (Å²) in [5, 5.41) is 4.39. The highest BCUT2D eigenvalue weighted by atomic mass is 35.5. The van der Waals surface area contributed by atoms with Crippen LogP contribution in [0.3, 0.4) is 0 Å². The molecule has 0 bridgehead atoms. The van der Waals surface area contributed by atoms with Gasteiger partial charge in [0.15, 0.2) is 0 Å². The van der Waals surface area contributed by atoms with Gasteiger partial charge in [-0.15, -0.1) is 0 Å². The van der Waals surface area contributed by atoms with Crippen LogP contribution in [0.5, 0.6) is 11.5 Å². The molecule has 5 heteroatoms. The van der Waals surface area contributed by atoms with E-state index in [0.29, 0.717) is 22.3 Å². The van der Waals surface area contributed by atoms with Crippen molar-refractivity contribution < 1.29 is 9.47 Å². The zero-order valence-corrected chi connectivity index (χ0v) is 12.8. The smallest absolute Gasteiger partial charge is 0.124 e. The summed E-state index contributed by atoms with van der Waals surface area (Å²) >= 11 is 12.3. The number of para-hydroxylation sites is 1. The van der Waals surface area contributed by atoms with E-state index in [-0.39, 0.29) is 0 Å². The Balaban J connectivity index is 2.22. The van der Waals surface area contributed by atoms with Crippen molar-refractivity contribution in [2.24, 2.45) is 0 Å². The van der Waals surface area contributed by atoms with E-state index in [1.807, 2.05) is 24.3 Å². The zero-order chi connectivity index (χ0) is 14.5. The quantitative estimate of drug-likeness (QED) is 0.873. The molecule has 0 saturated carbocycles. The number of benzene rings is 2. The second kappa shape index (κ2) is 6.73. The second-order valence-electron chi connectivity index (χ2n) is 4.13. The van der Waals surface area contributed by atoms with E-state index in [9.17, 15) is 0 Å². The molecule has 0 amide bonds. The lowest BCUT2D eigenvalue weighted by atomic mass is 10.2. The molecule has 0 heterocycles. The summed E-state index contributed by atoms with van der Waals surface area (Å²) in [5.41, 5.74) is 1.67. The lowest BCUT2D eigenvalue weighted by Crippen LogP contribution is -2.03. The molecule has 2 aromatic carbocycles. The van der Waals surface area contributed by atoms with Gasteiger partial charge in [-0.3, -0.25) is 0 Å². The zero-order valence-electron chi connectivity index (χ0n) is 11.2. The fraction of sp³-hybridized carbons (Fsp3) is 0.200. The minimum Gasteiger partial charge on any atom is -0.497 e. The van der Waals surface area contributed by atoms with Crippen LogP contribution in [0.2, 0.25) is 10.0 Å². The number of anilines is 1. The third-order valence-electron chi connectivity index (χ3n) is 2.91. The molecule has 0 aliphatic heterocycles. The normalized spacial score (nSPS) is 10.2. The Morgan fingerprint density at radius 2 is 1.70 bits per heavy atom. The molecule has 0 aromatic heterocycles. The van der Waals surface area contributed by atoms with Crippen molar-refractivity contribution in [2.45, 2.75) is 6.54 Å². The van der Waals surface area contributed by atoms with Crippen molar-refractivity contribution in [1.82, 2.24) is 0 Å². The summed E-state index contributed by atoms with van der Waals surface area (Å²) in [4.78, 5) is 0. The van der Waals surface area contributed by atoms with Crippen LogP contribution in [0, 0.1) is 0 Å². The van der Waals surface area contributed by atoms with Gasteiger partial charge in [-0.25, -0.2) is 0 Å². The van der Waals surface area contributed by atoms with Gasteiger partial charge in [0, 0.05) is 12.1 Å². The molecule has 0 unspecified atom stereocenters. The van der Waals surface area contributed by atoms with Crippen molar-refractivity contribution in [3.8, 4) is 11.5 Å². The third kappa shape index (κ3) is 3.30. The van der Waals surface area contributed by atoms with E-state index in [1.54, 1.807) is 26.4 Å². The van der Waals surface area contributed by atoms with Crippen LogP contribution in [0.25, 0.3) is 0 Å². The van der Waals surface area contributed by atoms with Gasteiger partial charge in [0.2, 0.25) is 0 Å². The molecule has 0 spiro atoms. The molecule has 2 rings (SSSR count). The van der Waals surface area contributed by atoms with Crippen LogP contribution < -0.4 is 14.8 Å². The molecule has 0 fully saturated rings. The first-order valence-electron chi connectivity index (χ1n) is 6.04. The molecule has 0 saturated heterocycles. The van der Waals surface area contributed by atoms with Crippen molar-refractivity contribution in [3.05, 3.63) is 52.0 Å². The number of rotatable bonds is 5. The number of hydrogen-bond acceptors (Lipinski definition) is 3. The first-order valence-corrected chi connectivity index (χ1v) is 6.80. The maximum Gasteiger partial charge on any atom is 0.124 e. The van der Waals surface area contributed by atoms with Gasteiger partial charge in [0.25, 0.3) is 0 Å². The lowest BCUT2D eigenvalue weighted by molar-refractivity contribution is 0.399. The van der Waals surface area contributed by atoms with E-state index >= 15 is 0 Å². The van der Waals surface area contributed by atoms with E-state index in [4.69, 9.17) is 32.7 Å². The molecule has 0 aliphatic carbocycles.